The van der Waals surface area contributed by atoms with Crippen molar-refractivity contribution in [3.63, 3.8) is 0 Å². The van der Waals surface area contributed by atoms with Crippen molar-refractivity contribution in [2.45, 2.75) is 19.1 Å². The summed E-state index contributed by atoms with van der Waals surface area (Å²) in [6, 6.07) is 8.88. The molecular formula is C13H15NO5. The van der Waals surface area contributed by atoms with Crippen molar-refractivity contribution in [2.75, 3.05) is 18.1 Å². The topological polar surface area (TPSA) is 76.1 Å². The number of hydrogen-bond acceptors (Lipinski definition) is 5. The highest BCUT2D eigenvalue weighted by Gasteiger charge is 2.49. The molecule has 1 aromatic carbocycles. The largest absolute Gasteiger partial charge is 0.511 e. The van der Waals surface area contributed by atoms with E-state index in [1.54, 1.807) is 31.2 Å². The lowest BCUT2D eigenvalue weighted by Crippen LogP contribution is -2.44. The average molecular weight is 265 g/mol. The van der Waals surface area contributed by atoms with Crippen LogP contribution in [0.1, 0.15) is 13.3 Å². The molecule has 1 aliphatic heterocycles. The highest BCUT2D eigenvalue weighted by atomic mass is 16.8. The van der Waals surface area contributed by atoms with Gasteiger partial charge in [0.15, 0.2) is 0 Å². The quantitative estimate of drug-likeness (QED) is 0.658. The SMILES string of the molecule is CCOC(=O)O[C@@]1(O)CCN(c2ccccc2)C1=O. The van der Waals surface area contributed by atoms with E-state index in [9.17, 15) is 14.7 Å². The van der Waals surface area contributed by atoms with E-state index in [0.29, 0.717) is 5.69 Å². The van der Waals surface area contributed by atoms with Gasteiger partial charge in [0, 0.05) is 18.7 Å². The first-order valence-electron chi connectivity index (χ1n) is 6.02. The van der Waals surface area contributed by atoms with Gasteiger partial charge in [0.25, 0.3) is 11.7 Å². The Balaban J connectivity index is 2.11. The second-order valence-electron chi connectivity index (χ2n) is 4.11. The van der Waals surface area contributed by atoms with Gasteiger partial charge in [0.05, 0.1) is 6.61 Å². The Morgan fingerprint density at radius 2 is 2.11 bits per heavy atom. The van der Waals surface area contributed by atoms with Crippen LogP contribution in [-0.4, -0.2) is 36.1 Å². The summed E-state index contributed by atoms with van der Waals surface area (Å²) in [4.78, 5) is 24.7. The van der Waals surface area contributed by atoms with Gasteiger partial charge in [-0.25, -0.2) is 4.79 Å². The third-order valence-electron chi connectivity index (χ3n) is 2.84. The third kappa shape index (κ3) is 2.68. The third-order valence-corrected chi connectivity index (χ3v) is 2.84. The fourth-order valence-corrected chi connectivity index (χ4v) is 1.92. The Labute approximate surface area is 110 Å². The zero-order valence-electron chi connectivity index (χ0n) is 10.5. The molecule has 0 radical (unpaired) electrons. The molecule has 0 bridgehead atoms. The van der Waals surface area contributed by atoms with Crippen molar-refractivity contribution >= 4 is 17.7 Å². The smallest absolute Gasteiger partial charge is 0.435 e. The van der Waals surface area contributed by atoms with Crippen molar-refractivity contribution in [1.82, 2.24) is 0 Å². The van der Waals surface area contributed by atoms with Crippen LogP contribution in [0.4, 0.5) is 10.5 Å². The van der Waals surface area contributed by atoms with E-state index < -0.39 is 17.8 Å². The number of carbonyl (C=O) groups is 2. The predicted octanol–water partition coefficient (Wildman–Crippen LogP) is 1.29. The maximum Gasteiger partial charge on any atom is 0.511 e. The van der Waals surface area contributed by atoms with Gasteiger partial charge < -0.3 is 19.5 Å². The standard InChI is InChI=1S/C13H15NO5/c1-2-18-12(16)19-13(17)8-9-14(11(13)15)10-6-4-3-5-7-10/h3-7,17H,2,8-9H2,1H3/t13-/m0/s1. The number of hydrogen-bond donors (Lipinski definition) is 1. The zero-order valence-corrected chi connectivity index (χ0v) is 10.5. The summed E-state index contributed by atoms with van der Waals surface area (Å²) in [5, 5.41) is 10.1. The van der Waals surface area contributed by atoms with Crippen LogP contribution < -0.4 is 4.90 Å². The zero-order chi connectivity index (χ0) is 13.9. The molecular weight excluding hydrogens is 250 g/mol. The molecule has 6 nitrogen and oxygen atoms in total. The number of benzene rings is 1. The fraction of sp³-hybridized carbons (Fsp3) is 0.385. The van der Waals surface area contributed by atoms with Crippen molar-refractivity contribution in [2.24, 2.45) is 0 Å². The molecule has 1 heterocycles. The molecule has 1 N–H and O–H groups in total. The summed E-state index contributed by atoms with van der Waals surface area (Å²) in [6.45, 7) is 2.00. The minimum absolute atomic E-state index is 0.0134. The summed E-state index contributed by atoms with van der Waals surface area (Å²) >= 11 is 0. The van der Waals surface area contributed by atoms with Gasteiger partial charge in [-0.3, -0.25) is 4.79 Å². The van der Waals surface area contributed by atoms with Crippen LogP contribution in [0, 0.1) is 0 Å². The van der Waals surface area contributed by atoms with Crippen molar-refractivity contribution in [3.8, 4) is 0 Å². The Bertz CT molecular complexity index is 475. The van der Waals surface area contributed by atoms with E-state index in [2.05, 4.69) is 4.74 Å². The van der Waals surface area contributed by atoms with Crippen molar-refractivity contribution < 1.29 is 24.2 Å². The average Bonchev–Trinajstić information content (AvgIpc) is 2.67. The Kier molecular flexibility index (Phi) is 3.71. The van der Waals surface area contributed by atoms with Crippen LogP contribution in [0.3, 0.4) is 0 Å². The Morgan fingerprint density at radius 1 is 1.42 bits per heavy atom. The van der Waals surface area contributed by atoms with Gasteiger partial charge in [-0.15, -0.1) is 0 Å². The van der Waals surface area contributed by atoms with Crippen molar-refractivity contribution in [3.05, 3.63) is 30.3 Å². The first kappa shape index (κ1) is 13.4. The molecule has 102 valence electrons. The lowest BCUT2D eigenvalue weighted by molar-refractivity contribution is -0.182. The summed E-state index contributed by atoms with van der Waals surface area (Å²) in [5.74, 6) is -2.80. The molecule has 1 aromatic rings. The Morgan fingerprint density at radius 3 is 2.74 bits per heavy atom. The number of ether oxygens (including phenoxy) is 2. The van der Waals surface area contributed by atoms with Crippen LogP contribution in [0.25, 0.3) is 0 Å². The van der Waals surface area contributed by atoms with Crippen LogP contribution in [-0.2, 0) is 14.3 Å². The van der Waals surface area contributed by atoms with E-state index in [1.807, 2.05) is 6.07 Å². The summed E-state index contributed by atoms with van der Waals surface area (Å²) in [7, 11) is 0. The first-order chi connectivity index (χ1) is 9.07. The van der Waals surface area contributed by atoms with Gasteiger partial charge in [0.2, 0.25) is 0 Å². The highest BCUT2D eigenvalue weighted by Crippen LogP contribution is 2.29. The molecule has 0 aromatic heterocycles. The molecule has 19 heavy (non-hydrogen) atoms. The number of aliphatic hydroxyl groups is 1. The summed E-state index contributed by atoms with van der Waals surface area (Å²) in [5.41, 5.74) is 0.649. The monoisotopic (exact) mass is 265 g/mol. The number of nitrogens with zero attached hydrogens (tertiary/aromatic N) is 1. The van der Waals surface area contributed by atoms with Crippen LogP contribution >= 0.6 is 0 Å². The molecule has 2 rings (SSSR count). The van der Waals surface area contributed by atoms with Gasteiger partial charge in [0.1, 0.15) is 0 Å². The van der Waals surface area contributed by atoms with Gasteiger partial charge in [-0.05, 0) is 19.1 Å². The number of para-hydroxylation sites is 1. The lowest BCUT2D eigenvalue weighted by atomic mass is 10.2. The van der Waals surface area contributed by atoms with Gasteiger partial charge >= 0.3 is 6.16 Å². The minimum atomic E-state index is -2.14. The number of rotatable bonds is 3. The maximum atomic E-state index is 12.1. The highest BCUT2D eigenvalue weighted by molar-refractivity contribution is 6.01. The van der Waals surface area contributed by atoms with E-state index in [1.165, 1.54) is 4.90 Å². The molecule has 1 fully saturated rings. The maximum absolute atomic E-state index is 12.1. The summed E-state index contributed by atoms with van der Waals surface area (Å²) in [6.07, 6.45) is -1.03. The molecule has 0 aliphatic carbocycles. The summed E-state index contributed by atoms with van der Waals surface area (Å²) < 4.78 is 9.27. The van der Waals surface area contributed by atoms with E-state index >= 15 is 0 Å². The van der Waals surface area contributed by atoms with Gasteiger partial charge in [-0.1, -0.05) is 18.2 Å². The first-order valence-corrected chi connectivity index (χ1v) is 6.02. The van der Waals surface area contributed by atoms with Crippen molar-refractivity contribution in [1.29, 1.82) is 0 Å². The van der Waals surface area contributed by atoms with E-state index in [-0.39, 0.29) is 19.6 Å². The number of carbonyl (C=O) groups excluding carboxylic acids is 2. The van der Waals surface area contributed by atoms with E-state index in [4.69, 9.17) is 4.74 Å². The van der Waals surface area contributed by atoms with E-state index in [0.717, 1.165) is 0 Å². The molecule has 1 aliphatic rings. The fourth-order valence-electron chi connectivity index (χ4n) is 1.92. The van der Waals surface area contributed by atoms with Crippen LogP contribution in [0.15, 0.2) is 30.3 Å². The molecule has 0 unspecified atom stereocenters. The minimum Gasteiger partial charge on any atom is -0.435 e. The van der Waals surface area contributed by atoms with Crippen LogP contribution in [0.2, 0.25) is 0 Å². The molecule has 1 atom stereocenters. The second kappa shape index (κ2) is 5.27. The normalized spacial score (nSPS) is 22.4. The van der Waals surface area contributed by atoms with Crippen LogP contribution in [0.5, 0.6) is 0 Å². The number of amides is 1. The molecule has 0 saturated carbocycles. The molecule has 1 saturated heterocycles. The predicted molar refractivity (Wildman–Crippen MR) is 66.5 cm³/mol. The Hall–Kier alpha value is -2.08. The second-order valence-corrected chi connectivity index (χ2v) is 4.11. The molecule has 0 spiro atoms. The lowest BCUT2D eigenvalue weighted by Gasteiger charge is -2.21. The molecule has 1 amide bonds. The molecule has 6 heteroatoms. The number of anilines is 1. The van der Waals surface area contributed by atoms with Gasteiger partial charge in [-0.2, -0.15) is 0 Å².